The number of nitrogens with one attached hydrogen (secondary N) is 1. The number of rotatable bonds is 6. The Morgan fingerprint density at radius 3 is 2.34 bits per heavy atom. The molecular formula is C22H23N5O5. The predicted octanol–water partition coefficient (Wildman–Crippen LogP) is 2.25. The Morgan fingerprint density at radius 2 is 1.69 bits per heavy atom. The first kappa shape index (κ1) is 21.3. The molecule has 32 heavy (non-hydrogen) atoms. The molecule has 0 aromatic heterocycles. The molecule has 1 N–H and O–H groups in total. The summed E-state index contributed by atoms with van der Waals surface area (Å²) < 4.78 is 10.5. The van der Waals surface area contributed by atoms with Gasteiger partial charge in [-0.15, -0.1) is 0 Å². The summed E-state index contributed by atoms with van der Waals surface area (Å²) in [5, 5.41) is 11.9. The summed E-state index contributed by atoms with van der Waals surface area (Å²) in [4.78, 5) is 39.7. The number of benzene rings is 2. The average molecular weight is 437 g/mol. The Bertz CT molecular complexity index is 1110. The van der Waals surface area contributed by atoms with Crippen molar-refractivity contribution in [2.45, 2.75) is 25.9 Å². The molecule has 2 aliphatic heterocycles. The molecule has 1 fully saturated rings. The molecular weight excluding hydrogens is 414 g/mol. The lowest BCUT2D eigenvalue weighted by atomic mass is 10.1. The smallest absolute Gasteiger partial charge is 0.263 e. The number of fused-ring (bicyclic) bond motifs is 1. The van der Waals surface area contributed by atoms with Crippen molar-refractivity contribution >= 4 is 29.1 Å². The lowest BCUT2D eigenvalue weighted by molar-refractivity contribution is -0.123. The minimum atomic E-state index is -0.996. The molecule has 2 aromatic carbocycles. The molecule has 2 aromatic rings. The lowest BCUT2D eigenvalue weighted by Crippen LogP contribution is -2.43. The number of carbonyl (C=O) groups excluding carboxylic acids is 3. The van der Waals surface area contributed by atoms with Gasteiger partial charge in [-0.05, 0) is 49.2 Å². The van der Waals surface area contributed by atoms with Gasteiger partial charge in [0.25, 0.3) is 11.8 Å². The van der Waals surface area contributed by atoms with Crippen LogP contribution in [0.4, 0.5) is 11.4 Å². The van der Waals surface area contributed by atoms with Gasteiger partial charge in [-0.3, -0.25) is 19.4 Å². The van der Waals surface area contributed by atoms with Gasteiger partial charge in [0.05, 0.1) is 19.9 Å². The van der Waals surface area contributed by atoms with Crippen LogP contribution in [0.25, 0.3) is 0 Å². The standard InChI is InChI=1S/C22H23N5O5/c1-12-7-13(2)9-14(8-12)23-18(28)11-26-20-19(24-25-26)21(29)27(22(20)30)15-5-6-16(31-3)17(10-15)32-4/h5-10,19-20H,11H2,1-4H3,(H,23,28)/t19-,20-/m1/s1. The van der Waals surface area contributed by atoms with E-state index >= 15 is 0 Å². The van der Waals surface area contributed by atoms with Crippen molar-refractivity contribution in [3.63, 3.8) is 0 Å². The van der Waals surface area contributed by atoms with Crippen LogP contribution in [-0.2, 0) is 14.4 Å². The second-order valence-corrected chi connectivity index (χ2v) is 7.67. The number of hydrogen-bond donors (Lipinski definition) is 1. The predicted molar refractivity (Wildman–Crippen MR) is 116 cm³/mol. The Balaban J connectivity index is 1.51. The van der Waals surface area contributed by atoms with Crippen molar-refractivity contribution < 1.29 is 23.9 Å². The Kier molecular flexibility index (Phi) is 5.52. The Hall–Kier alpha value is -3.95. The van der Waals surface area contributed by atoms with Crippen molar-refractivity contribution in [1.82, 2.24) is 5.01 Å². The summed E-state index contributed by atoms with van der Waals surface area (Å²) in [5.41, 5.74) is 3.02. The molecule has 0 bridgehead atoms. The van der Waals surface area contributed by atoms with Gasteiger partial charge < -0.3 is 14.8 Å². The van der Waals surface area contributed by atoms with Gasteiger partial charge in [0.2, 0.25) is 5.91 Å². The van der Waals surface area contributed by atoms with Crippen molar-refractivity contribution in [2.75, 3.05) is 31.0 Å². The lowest BCUT2D eigenvalue weighted by Gasteiger charge is -2.21. The van der Waals surface area contributed by atoms with Gasteiger partial charge in [-0.1, -0.05) is 11.3 Å². The van der Waals surface area contributed by atoms with Crippen molar-refractivity contribution in [3.8, 4) is 11.5 Å². The normalized spacial score (nSPS) is 19.4. The van der Waals surface area contributed by atoms with E-state index in [1.165, 1.54) is 19.2 Å². The zero-order chi connectivity index (χ0) is 23.0. The number of anilines is 2. The van der Waals surface area contributed by atoms with E-state index in [0.29, 0.717) is 22.9 Å². The van der Waals surface area contributed by atoms with Gasteiger partial charge >= 0.3 is 0 Å². The molecule has 0 spiro atoms. The maximum absolute atomic E-state index is 13.1. The summed E-state index contributed by atoms with van der Waals surface area (Å²) >= 11 is 0. The van der Waals surface area contributed by atoms with Gasteiger partial charge in [-0.25, -0.2) is 4.90 Å². The molecule has 10 heteroatoms. The first-order valence-corrected chi connectivity index (χ1v) is 9.97. The fraction of sp³-hybridized carbons (Fsp3) is 0.318. The van der Waals surface area contributed by atoms with Crippen LogP contribution in [0.2, 0.25) is 0 Å². The molecule has 3 amide bonds. The van der Waals surface area contributed by atoms with Gasteiger partial charge in [0.15, 0.2) is 23.6 Å². The molecule has 2 heterocycles. The monoisotopic (exact) mass is 437 g/mol. The minimum absolute atomic E-state index is 0.212. The van der Waals surface area contributed by atoms with Crippen molar-refractivity contribution in [1.29, 1.82) is 0 Å². The molecule has 2 atom stereocenters. The van der Waals surface area contributed by atoms with E-state index in [1.807, 2.05) is 32.0 Å². The number of amides is 3. The Morgan fingerprint density at radius 1 is 1.00 bits per heavy atom. The second kappa shape index (κ2) is 8.29. The number of ether oxygens (including phenoxy) is 2. The van der Waals surface area contributed by atoms with Gasteiger partial charge in [0, 0.05) is 11.8 Å². The maximum Gasteiger partial charge on any atom is 0.263 e. The zero-order valence-electron chi connectivity index (χ0n) is 18.2. The van der Waals surface area contributed by atoms with E-state index < -0.39 is 23.9 Å². The zero-order valence-corrected chi connectivity index (χ0v) is 18.2. The summed E-state index contributed by atoms with van der Waals surface area (Å²) in [5.74, 6) is -0.516. The number of nitrogens with zero attached hydrogens (tertiary/aromatic N) is 4. The summed E-state index contributed by atoms with van der Waals surface area (Å²) in [7, 11) is 2.96. The minimum Gasteiger partial charge on any atom is -0.493 e. The molecule has 1 saturated heterocycles. The molecule has 166 valence electrons. The number of imide groups is 1. The number of carbonyl (C=O) groups is 3. The summed E-state index contributed by atoms with van der Waals surface area (Å²) in [6, 6.07) is 8.48. The van der Waals surface area contributed by atoms with Crippen molar-refractivity contribution in [3.05, 3.63) is 47.5 Å². The molecule has 0 saturated carbocycles. The van der Waals surface area contributed by atoms with E-state index in [2.05, 4.69) is 15.7 Å². The fourth-order valence-electron chi connectivity index (χ4n) is 3.97. The van der Waals surface area contributed by atoms with Crippen molar-refractivity contribution in [2.24, 2.45) is 10.3 Å². The molecule has 0 aliphatic carbocycles. The molecule has 4 rings (SSSR count). The molecule has 0 radical (unpaired) electrons. The number of hydrogen-bond acceptors (Lipinski definition) is 8. The highest BCUT2D eigenvalue weighted by Crippen LogP contribution is 2.36. The third-order valence-electron chi connectivity index (χ3n) is 5.29. The van der Waals surface area contributed by atoms with Crippen LogP contribution in [0.1, 0.15) is 11.1 Å². The van der Waals surface area contributed by atoms with E-state index in [0.717, 1.165) is 16.0 Å². The Labute approximate surface area is 184 Å². The molecule has 0 unspecified atom stereocenters. The summed E-state index contributed by atoms with van der Waals surface area (Å²) in [6.07, 6.45) is 0. The third-order valence-corrected chi connectivity index (χ3v) is 5.29. The first-order chi connectivity index (χ1) is 15.3. The van der Waals surface area contributed by atoms with Crippen LogP contribution in [0.15, 0.2) is 46.7 Å². The van der Waals surface area contributed by atoms with E-state index in [9.17, 15) is 14.4 Å². The average Bonchev–Trinajstić information content (AvgIpc) is 3.26. The van der Waals surface area contributed by atoms with E-state index in [1.54, 1.807) is 18.2 Å². The van der Waals surface area contributed by atoms with Crippen LogP contribution >= 0.6 is 0 Å². The van der Waals surface area contributed by atoms with E-state index in [4.69, 9.17) is 9.47 Å². The highest BCUT2D eigenvalue weighted by molar-refractivity contribution is 6.25. The molecule has 2 aliphatic rings. The van der Waals surface area contributed by atoms with Gasteiger partial charge in [0.1, 0.15) is 6.54 Å². The topological polar surface area (TPSA) is 113 Å². The van der Waals surface area contributed by atoms with Crippen LogP contribution in [0, 0.1) is 13.8 Å². The van der Waals surface area contributed by atoms with Crippen LogP contribution in [-0.4, -0.2) is 55.6 Å². The largest absolute Gasteiger partial charge is 0.493 e. The van der Waals surface area contributed by atoms with Crippen LogP contribution < -0.4 is 19.7 Å². The highest BCUT2D eigenvalue weighted by atomic mass is 16.5. The third kappa shape index (κ3) is 3.75. The number of methoxy groups -OCH3 is 2. The summed E-state index contributed by atoms with van der Waals surface area (Å²) in [6.45, 7) is 3.66. The van der Waals surface area contributed by atoms with E-state index in [-0.39, 0.29) is 12.5 Å². The number of aryl methyl sites for hydroxylation is 2. The first-order valence-electron chi connectivity index (χ1n) is 9.97. The highest BCUT2D eigenvalue weighted by Gasteiger charge is 2.55. The quantitative estimate of drug-likeness (QED) is 0.694. The fourth-order valence-corrected chi connectivity index (χ4v) is 3.97. The van der Waals surface area contributed by atoms with Crippen LogP contribution in [0.3, 0.4) is 0 Å². The maximum atomic E-state index is 13.1. The van der Waals surface area contributed by atoms with Gasteiger partial charge in [-0.2, -0.15) is 5.11 Å². The second-order valence-electron chi connectivity index (χ2n) is 7.67. The van der Waals surface area contributed by atoms with Crippen LogP contribution in [0.5, 0.6) is 11.5 Å². The SMILES string of the molecule is COc1ccc(N2C(=O)[C@@H]3N=NN(CC(=O)Nc4cc(C)cc(C)c4)[C@H]3C2=O)cc1OC. The molecule has 10 nitrogen and oxygen atoms in total.